The van der Waals surface area contributed by atoms with Gasteiger partial charge in [0.2, 0.25) is 11.8 Å². The number of nitrogens with zero attached hydrogens (tertiary/aromatic N) is 2. The van der Waals surface area contributed by atoms with Gasteiger partial charge in [-0.05, 0) is 51.0 Å². The Kier molecular flexibility index (Phi) is 8.15. The lowest BCUT2D eigenvalue weighted by atomic mass is 10.00. The van der Waals surface area contributed by atoms with Crippen molar-refractivity contribution in [2.75, 3.05) is 12.8 Å². The topological polar surface area (TPSA) is 112 Å². The van der Waals surface area contributed by atoms with Crippen molar-refractivity contribution < 1.29 is 28.3 Å². The van der Waals surface area contributed by atoms with E-state index in [4.69, 9.17) is 0 Å². The molecule has 0 radical (unpaired) electrons. The van der Waals surface area contributed by atoms with E-state index in [1.807, 2.05) is 31.2 Å². The Bertz CT molecular complexity index is 1200. The standard InChI is InChI=1S/C26H32F2N4O4S2/c1-14-20(38-13-30-14)16-7-5-15(6-8-16)11-29-22(34)19-18(27)17(33)12-32(19)23(35)21(25(2,3)37-4)31-24(36)26(28)9-10-26/h5-8,13,17-19,21,33H,9-12H2,1-4H3,(H,29,34)(H,31,36)/t17-,18-,19?,21+/m0/s1. The van der Waals surface area contributed by atoms with Crippen LogP contribution in [0.5, 0.6) is 0 Å². The second-order valence-corrected chi connectivity index (χ2v) is 12.6. The van der Waals surface area contributed by atoms with E-state index in [9.17, 15) is 23.9 Å². The van der Waals surface area contributed by atoms with Crippen molar-refractivity contribution in [2.24, 2.45) is 0 Å². The van der Waals surface area contributed by atoms with Gasteiger partial charge in [-0.15, -0.1) is 11.3 Å². The molecule has 1 saturated carbocycles. The first-order valence-corrected chi connectivity index (χ1v) is 14.4. The SMILES string of the molecule is CSC(C)(C)[C@H](NC(=O)C1(F)CC1)C(=O)N1C[C@H](O)[C@H](F)C1C(=O)NCc1ccc(-c2scnc2C)cc1. The number of nitrogens with one attached hydrogen (secondary N) is 2. The molecule has 4 rings (SSSR count). The molecule has 1 aromatic heterocycles. The Labute approximate surface area is 228 Å². The number of aromatic nitrogens is 1. The van der Waals surface area contributed by atoms with Gasteiger partial charge in [-0.25, -0.2) is 13.8 Å². The molecule has 12 heteroatoms. The molecule has 0 bridgehead atoms. The minimum Gasteiger partial charge on any atom is -0.388 e. The molecule has 3 amide bonds. The van der Waals surface area contributed by atoms with E-state index in [1.165, 1.54) is 23.1 Å². The van der Waals surface area contributed by atoms with Crippen molar-refractivity contribution in [3.63, 3.8) is 0 Å². The smallest absolute Gasteiger partial charge is 0.258 e. The molecule has 1 unspecified atom stereocenters. The Morgan fingerprint density at radius 3 is 2.50 bits per heavy atom. The highest BCUT2D eigenvalue weighted by Crippen LogP contribution is 2.41. The van der Waals surface area contributed by atoms with Gasteiger partial charge in [0.15, 0.2) is 11.8 Å². The molecular weight excluding hydrogens is 534 g/mol. The number of halogens is 2. The number of β-amino-alcohol motifs (C(OH)–C–C–N with tert-alkyl or cyclic N) is 1. The van der Waals surface area contributed by atoms with Crippen LogP contribution in [0.3, 0.4) is 0 Å². The fourth-order valence-corrected chi connectivity index (χ4v) is 5.58. The van der Waals surface area contributed by atoms with Crippen LogP contribution in [0.25, 0.3) is 10.4 Å². The van der Waals surface area contributed by atoms with Crippen LogP contribution >= 0.6 is 23.1 Å². The number of thiazole rings is 1. The molecule has 3 N–H and O–H groups in total. The quantitative estimate of drug-likeness (QED) is 0.431. The van der Waals surface area contributed by atoms with Gasteiger partial charge in [0, 0.05) is 11.3 Å². The number of hydrogen-bond acceptors (Lipinski definition) is 7. The number of aryl methyl sites for hydroxylation is 1. The summed E-state index contributed by atoms with van der Waals surface area (Å²) < 4.78 is 28.6. The summed E-state index contributed by atoms with van der Waals surface area (Å²) in [7, 11) is 0. The summed E-state index contributed by atoms with van der Waals surface area (Å²) in [6.45, 7) is 4.99. The van der Waals surface area contributed by atoms with Gasteiger partial charge >= 0.3 is 0 Å². The Balaban J connectivity index is 1.47. The highest BCUT2D eigenvalue weighted by atomic mass is 32.2. The van der Waals surface area contributed by atoms with E-state index >= 15 is 4.39 Å². The number of hydrogen-bond donors (Lipinski definition) is 3. The first-order chi connectivity index (χ1) is 17.9. The zero-order valence-electron chi connectivity index (χ0n) is 21.7. The number of likely N-dealkylation sites (tertiary alicyclic amines) is 1. The van der Waals surface area contributed by atoms with E-state index in [0.29, 0.717) is 0 Å². The van der Waals surface area contributed by atoms with Crippen LogP contribution in [0.1, 0.15) is 37.9 Å². The lowest BCUT2D eigenvalue weighted by Gasteiger charge is -2.36. The first-order valence-electron chi connectivity index (χ1n) is 12.3. The third kappa shape index (κ3) is 5.72. The summed E-state index contributed by atoms with van der Waals surface area (Å²) in [5.74, 6) is -2.40. The Morgan fingerprint density at radius 1 is 1.29 bits per heavy atom. The number of carbonyl (C=O) groups is 3. The second-order valence-electron chi connectivity index (χ2n) is 10.3. The molecule has 8 nitrogen and oxygen atoms in total. The van der Waals surface area contributed by atoms with Gasteiger partial charge in [0.1, 0.15) is 18.2 Å². The Hall–Kier alpha value is -2.57. The van der Waals surface area contributed by atoms with Crippen molar-refractivity contribution in [3.05, 3.63) is 41.0 Å². The highest BCUT2D eigenvalue weighted by Gasteiger charge is 2.55. The molecule has 2 aliphatic rings. The number of thioether (sulfide) groups is 1. The van der Waals surface area contributed by atoms with E-state index in [1.54, 1.807) is 25.6 Å². The number of aliphatic hydroxyl groups is 1. The monoisotopic (exact) mass is 566 g/mol. The van der Waals surface area contributed by atoms with Gasteiger partial charge in [0.05, 0.1) is 22.6 Å². The maximum Gasteiger partial charge on any atom is 0.258 e. The number of benzene rings is 1. The third-order valence-electron chi connectivity index (χ3n) is 7.21. The lowest BCUT2D eigenvalue weighted by Crippen LogP contribution is -2.61. The number of aliphatic hydroxyl groups excluding tert-OH is 1. The zero-order valence-corrected chi connectivity index (χ0v) is 23.3. The van der Waals surface area contributed by atoms with Crippen molar-refractivity contribution in [3.8, 4) is 10.4 Å². The highest BCUT2D eigenvalue weighted by molar-refractivity contribution is 8.00. The summed E-state index contributed by atoms with van der Waals surface area (Å²) in [6.07, 6.45) is -1.70. The van der Waals surface area contributed by atoms with Crippen molar-refractivity contribution in [1.29, 1.82) is 0 Å². The number of carbonyl (C=O) groups excluding carboxylic acids is 3. The molecule has 1 aliphatic heterocycles. The summed E-state index contributed by atoms with van der Waals surface area (Å²) in [4.78, 5) is 45.4. The van der Waals surface area contributed by atoms with Gasteiger partial charge in [0.25, 0.3) is 5.91 Å². The summed E-state index contributed by atoms with van der Waals surface area (Å²) in [5, 5.41) is 15.4. The Morgan fingerprint density at radius 2 is 1.95 bits per heavy atom. The molecule has 4 atom stereocenters. The van der Waals surface area contributed by atoms with Crippen molar-refractivity contribution in [1.82, 2.24) is 20.5 Å². The number of rotatable bonds is 9. The molecule has 2 fully saturated rings. The van der Waals surface area contributed by atoms with Crippen LogP contribution in [0.2, 0.25) is 0 Å². The fraction of sp³-hybridized carbons (Fsp3) is 0.538. The summed E-state index contributed by atoms with van der Waals surface area (Å²) in [5.41, 5.74) is 2.44. The molecule has 1 saturated heterocycles. The lowest BCUT2D eigenvalue weighted by molar-refractivity contribution is -0.143. The molecule has 0 spiro atoms. The van der Waals surface area contributed by atoms with E-state index in [2.05, 4.69) is 15.6 Å². The van der Waals surface area contributed by atoms with Crippen LogP contribution in [0.15, 0.2) is 29.8 Å². The first kappa shape index (κ1) is 28.4. The third-order valence-corrected chi connectivity index (χ3v) is 9.47. The van der Waals surface area contributed by atoms with Gasteiger partial charge in [-0.3, -0.25) is 14.4 Å². The second kappa shape index (κ2) is 10.9. The van der Waals surface area contributed by atoms with E-state index < -0.39 is 59.0 Å². The number of alkyl halides is 2. The molecule has 2 heterocycles. The van der Waals surface area contributed by atoms with Crippen LogP contribution < -0.4 is 10.6 Å². The van der Waals surface area contributed by atoms with Gasteiger partial charge in [-0.1, -0.05) is 24.3 Å². The summed E-state index contributed by atoms with van der Waals surface area (Å²) >= 11 is 2.80. The van der Waals surface area contributed by atoms with Crippen LogP contribution in [-0.2, 0) is 20.9 Å². The van der Waals surface area contributed by atoms with Crippen LogP contribution in [0.4, 0.5) is 8.78 Å². The normalized spacial score (nSPS) is 23.1. The predicted octanol–water partition coefficient (Wildman–Crippen LogP) is 2.77. The minimum absolute atomic E-state index is 0.0737. The number of amides is 3. The molecular formula is C26H32F2N4O4S2. The minimum atomic E-state index is -2.01. The van der Waals surface area contributed by atoms with Crippen LogP contribution in [0, 0.1) is 6.92 Å². The zero-order chi connectivity index (χ0) is 27.8. The van der Waals surface area contributed by atoms with Gasteiger partial charge < -0.3 is 20.6 Å². The van der Waals surface area contributed by atoms with E-state index in [-0.39, 0.29) is 19.4 Å². The molecule has 206 valence electrons. The van der Waals surface area contributed by atoms with Gasteiger partial charge in [-0.2, -0.15) is 11.8 Å². The van der Waals surface area contributed by atoms with Crippen molar-refractivity contribution >= 4 is 40.8 Å². The fourth-order valence-electron chi connectivity index (χ4n) is 4.37. The maximum absolute atomic E-state index is 15.1. The van der Waals surface area contributed by atoms with Crippen LogP contribution in [-0.4, -0.2) is 80.3 Å². The predicted molar refractivity (Wildman–Crippen MR) is 143 cm³/mol. The maximum atomic E-state index is 15.1. The van der Waals surface area contributed by atoms with Crippen molar-refractivity contribution in [2.45, 2.75) is 74.9 Å². The molecule has 2 aromatic rings. The summed E-state index contributed by atoms with van der Waals surface area (Å²) in [6, 6.07) is 4.67. The molecule has 38 heavy (non-hydrogen) atoms. The molecule has 1 aliphatic carbocycles. The molecule has 1 aromatic carbocycles. The average Bonchev–Trinajstić information content (AvgIpc) is 3.39. The van der Waals surface area contributed by atoms with E-state index in [0.717, 1.165) is 26.6 Å². The average molecular weight is 567 g/mol. The largest absolute Gasteiger partial charge is 0.388 e.